The number of anilines is 1. The van der Waals surface area contributed by atoms with Crippen LogP contribution in [-0.2, 0) is 13.6 Å². The van der Waals surface area contributed by atoms with Gasteiger partial charge in [0.15, 0.2) is 6.21 Å². The fourth-order valence-electron chi connectivity index (χ4n) is 4.06. The van der Waals surface area contributed by atoms with Crippen LogP contribution in [-0.4, -0.2) is 62.3 Å². The Balaban J connectivity index is 1.25. The first kappa shape index (κ1) is 20.9. The summed E-state index contributed by atoms with van der Waals surface area (Å²) in [7, 11) is 3.93. The van der Waals surface area contributed by atoms with Gasteiger partial charge in [-0.15, -0.1) is 5.10 Å². The molecule has 0 spiro atoms. The Labute approximate surface area is 191 Å². The molecule has 1 saturated carbocycles. The molecule has 168 valence electrons. The Kier molecular flexibility index (Phi) is 5.64. The van der Waals surface area contributed by atoms with Crippen LogP contribution in [0.25, 0.3) is 11.5 Å². The number of carbonyl (C=O) groups is 1. The van der Waals surface area contributed by atoms with E-state index in [1.165, 1.54) is 6.33 Å². The zero-order chi connectivity index (χ0) is 22.8. The lowest BCUT2D eigenvalue weighted by atomic mass is 10.1. The van der Waals surface area contributed by atoms with Crippen LogP contribution in [0.5, 0.6) is 0 Å². The molecule has 1 fully saturated rings. The minimum Gasteiger partial charge on any atom is -0.375 e. The molecule has 10 nitrogen and oxygen atoms in total. The van der Waals surface area contributed by atoms with E-state index in [2.05, 4.69) is 40.4 Å². The third-order valence-corrected chi connectivity index (χ3v) is 6.12. The van der Waals surface area contributed by atoms with Gasteiger partial charge in [0.2, 0.25) is 0 Å². The van der Waals surface area contributed by atoms with E-state index in [1.54, 1.807) is 6.20 Å². The number of aromatic amines is 1. The highest BCUT2D eigenvalue weighted by Gasteiger charge is 2.43. The molecule has 1 aliphatic carbocycles. The molecule has 0 saturated heterocycles. The first-order valence-electron chi connectivity index (χ1n) is 11.0. The van der Waals surface area contributed by atoms with Crippen molar-refractivity contribution in [1.29, 1.82) is 0 Å². The second kappa shape index (κ2) is 8.89. The summed E-state index contributed by atoms with van der Waals surface area (Å²) in [6, 6.07) is 9.36. The van der Waals surface area contributed by atoms with Gasteiger partial charge in [-0.3, -0.25) is 4.79 Å². The second-order valence-electron chi connectivity index (χ2n) is 8.44. The molecule has 0 radical (unpaired) electrons. The van der Waals surface area contributed by atoms with Crippen LogP contribution < -0.4 is 15.2 Å². The molecule has 2 aromatic heterocycles. The molecular weight excluding hydrogens is 418 g/mol. The largest absolute Gasteiger partial charge is 0.375 e. The fraction of sp³-hybridized carbons (Fsp3) is 0.348. The van der Waals surface area contributed by atoms with E-state index in [9.17, 15) is 4.79 Å². The first-order valence-corrected chi connectivity index (χ1v) is 11.0. The van der Waals surface area contributed by atoms with Gasteiger partial charge in [-0.05, 0) is 43.0 Å². The number of benzene rings is 1. The monoisotopic (exact) mass is 445 g/mol. The highest BCUT2D eigenvalue weighted by molar-refractivity contribution is 6.14. The maximum Gasteiger partial charge on any atom is 0.327 e. The van der Waals surface area contributed by atoms with Crippen molar-refractivity contribution >= 4 is 24.0 Å². The van der Waals surface area contributed by atoms with E-state index in [-0.39, 0.29) is 18.1 Å². The van der Waals surface area contributed by atoms with Gasteiger partial charge in [0.1, 0.15) is 31.7 Å². The lowest BCUT2D eigenvalue weighted by Gasteiger charge is -2.20. The van der Waals surface area contributed by atoms with Gasteiger partial charge >= 0.3 is 5.82 Å². The molecule has 5 rings (SSSR count). The molecule has 0 bridgehead atoms. The van der Waals surface area contributed by atoms with Crippen LogP contribution in [0.3, 0.4) is 0 Å². The summed E-state index contributed by atoms with van der Waals surface area (Å²) in [5.41, 5.74) is 2.22. The molecule has 3 N–H and O–H groups in total. The minimum atomic E-state index is -0.0795. The summed E-state index contributed by atoms with van der Waals surface area (Å²) in [6.07, 6.45) is 9.17. The number of hydrogen-bond donors (Lipinski definition) is 3. The molecular formula is C23H27N9O+2. The second-order valence-corrected chi connectivity index (χ2v) is 8.44. The highest BCUT2D eigenvalue weighted by atomic mass is 16.1. The Morgan fingerprint density at radius 3 is 2.88 bits per heavy atom. The number of likely N-dealkylation sites (N-methyl/N-ethyl adjacent to an activating group) is 1. The number of rotatable bonds is 8. The van der Waals surface area contributed by atoms with E-state index in [1.807, 2.05) is 61.4 Å². The summed E-state index contributed by atoms with van der Waals surface area (Å²) in [5.74, 6) is 2.01. The van der Waals surface area contributed by atoms with Gasteiger partial charge in [0.05, 0.1) is 13.3 Å². The van der Waals surface area contributed by atoms with E-state index >= 15 is 0 Å². The van der Waals surface area contributed by atoms with Crippen molar-refractivity contribution in [2.24, 2.45) is 18.0 Å². The third-order valence-electron chi connectivity index (χ3n) is 6.12. The lowest BCUT2D eigenvalue weighted by Crippen LogP contribution is -2.47. The Hall–Kier alpha value is -3.95. The van der Waals surface area contributed by atoms with Crippen LogP contribution in [0.15, 0.2) is 47.8 Å². The van der Waals surface area contributed by atoms with Crippen LogP contribution in [0.2, 0.25) is 0 Å². The number of H-pyrrole nitrogens is 1. The predicted molar refractivity (Wildman–Crippen MR) is 123 cm³/mol. The number of nitrogens with zero attached hydrogens (tertiary/aromatic N) is 6. The molecule has 2 atom stereocenters. The summed E-state index contributed by atoms with van der Waals surface area (Å²) in [5, 5.41) is 14.0. The SMILES string of the molecule is C[N+]1=CC=NC1[C@H](NC(=O)c1cccc(NCc2[nH]nc(-c3ccncn3)[n+]2C)c1)C1CC1. The molecule has 33 heavy (non-hydrogen) atoms. The topological polar surface area (TPSA) is 115 Å². The molecule has 2 aliphatic rings. The van der Waals surface area contributed by atoms with Gasteiger partial charge in [-0.25, -0.2) is 24.1 Å². The van der Waals surface area contributed by atoms with Crippen molar-refractivity contribution in [2.45, 2.75) is 31.6 Å². The molecule has 1 aromatic carbocycles. The number of nitrogens with one attached hydrogen (secondary N) is 3. The molecule has 10 heteroatoms. The molecule has 1 unspecified atom stereocenters. The van der Waals surface area contributed by atoms with Gasteiger partial charge in [-0.2, -0.15) is 0 Å². The van der Waals surface area contributed by atoms with Gasteiger partial charge < -0.3 is 10.6 Å². The lowest BCUT2D eigenvalue weighted by molar-refractivity contribution is -0.668. The van der Waals surface area contributed by atoms with Gasteiger partial charge in [0, 0.05) is 22.5 Å². The van der Waals surface area contributed by atoms with Crippen molar-refractivity contribution in [1.82, 2.24) is 25.5 Å². The van der Waals surface area contributed by atoms with Crippen molar-refractivity contribution in [3.05, 3.63) is 54.2 Å². The van der Waals surface area contributed by atoms with Crippen molar-refractivity contribution < 1.29 is 13.9 Å². The number of aliphatic imine (C=N–C) groups is 1. The van der Waals surface area contributed by atoms with Crippen LogP contribution >= 0.6 is 0 Å². The van der Waals surface area contributed by atoms with Gasteiger partial charge in [0.25, 0.3) is 17.9 Å². The number of hydrogen-bond acceptors (Lipinski definition) is 6. The molecule has 3 aromatic rings. The highest BCUT2D eigenvalue weighted by Crippen LogP contribution is 2.35. The van der Waals surface area contributed by atoms with E-state index in [4.69, 9.17) is 0 Å². The molecule has 1 amide bonds. The average molecular weight is 446 g/mol. The van der Waals surface area contributed by atoms with Crippen LogP contribution in [0, 0.1) is 5.92 Å². The Bertz CT molecular complexity index is 1210. The normalized spacial score (nSPS) is 18.1. The first-order chi connectivity index (χ1) is 16.1. The fourth-order valence-corrected chi connectivity index (χ4v) is 4.06. The summed E-state index contributed by atoms with van der Waals surface area (Å²) < 4.78 is 4.00. The summed E-state index contributed by atoms with van der Waals surface area (Å²) >= 11 is 0. The number of amides is 1. The predicted octanol–water partition coefficient (Wildman–Crippen LogP) is 0.935. The Morgan fingerprint density at radius 2 is 2.15 bits per heavy atom. The van der Waals surface area contributed by atoms with Crippen molar-refractivity contribution in [3.63, 3.8) is 0 Å². The quantitative estimate of drug-likeness (QED) is 0.447. The third kappa shape index (κ3) is 4.50. The zero-order valence-electron chi connectivity index (χ0n) is 18.6. The summed E-state index contributed by atoms with van der Waals surface area (Å²) in [4.78, 5) is 25.8. The minimum absolute atomic E-state index is 0.0124. The van der Waals surface area contributed by atoms with E-state index < -0.39 is 0 Å². The molecule has 3 heterocycles. The van der Waals surface area contributed by atoms with E-state index in [0.29, 0.717) is 18.0 Å². The number of carbonyl (C=O) groups excluding carboxylic acids is 1. The maximum absolute atomic E-state index is 13.0. The van der Waals surface area contributed by atoms with Crippen LogP contribution in [0.4, 0.5) is 5.69 Å². The standard InChI is InChI=1S/C23H25N9O/c1-31-11-10-25-22(31)20(15-6-7-15)28-23(33)16-4-3-5-17(12-16)26-13-19-29-30-21(32(19)2)18-8-9-24-14-27-18/h3-5,8-12,14-15,20,22,26H,6-7,13H2,1-2H3/p+2/t20-,22?/m1/s1. The summed E-state index contributed by atoms with van der Waals surface area (Å²) in [6.45, 7) is 0.516. The Morgan fingerprint density at radius 1 is 1.27 bits per heavy atom. The van der Waals surface area contributed by atoms with Crippen molar-refractivity contribution in [3.8, 4) is 11.5 Å². The molecule has 1 aliphatic heterocycles. The van der Waals surface area contributed by atoms with Crippen molar-refractivity contribution in [2.75, 3.05) is 12.4 Å². The van der Waals surface area contributed by atoms with Gasteiger partial charge in [-0.1, -0.05) is 6.07 Å². The smallest absolute Gasteiger partial charge is 0.327 e. The zero-order valence-corrected chi connectivity index (χ0v) is 18.6. The maximum atomic E-state index is 13.0. The number of aromatic nitrogens is 5. The van der Waals surface area contributed by atoms with E-state index in [0.717, 1.165) is 35.9 Å². The average Bonchev–Trinajstić information content (AvgIpc) is 3.50. The van der Waals surface area contributed by atoms with Crippen LogP contribution in [0.1, 0.15) is 29.0 Å².